The molecular weight excluding hydrogens is 166 g/mol. The Balaban J connectivity index is 2.47. The fourth-order valence-electron chi connectivity index (χ4n) is 1.56. The maximum Gasteiger partial charge on any atom is 0.354 e. The van der Waals surface area contributed by atoms with Crippen LogP contribution in [0.1, 0.15) is 6.42 Å². The summed E-state index contributed by atoms with van der Waals surface area (Å²) in [5.74, 6) is -0.746. The minimum atomic E-state index is -0.948. The first-order chi connectivity index (χ1) is 6.29. The van der Waals surface area contributed by atoms with Crippen molar-refractivity contribution in [3.8, 4) is 0 Å². The Kier molecular flexibility index (Phi) is 1.85. The lowest BCUT2D eigenvalue weighted by Gasteiger charge is -2.19. The van der Waals surface area contributed by atoms with Gasteiger partial charge in [-0.3, -0.25) is 4.99 Å². The number of allylic oxidation sites excluding steroid dienone is 5. The Hall–Kier alpha value is -1.64. The standard InChI is InChI=1S/C10H9NO2/c12-10(13)9-8-4-2-1-3-7(8)5-6-11-9/h1-4,6-7H,5H2,(H,12,13). The lowest BCUT2D eigenvalue weighted by Crippen LogP contribution is -2.14. The van der Waals surface area contributed by atoms with Crippen LogP contribution >= 0.6 is 0 Å². The Labute approximate surface area is 75.8 Å². The van der Waals surface area contributed by atoms with Gasteiger partial charge in [0.2, 0.25) is 0 Å². The number of aliphatic imine (C=N–C) groups is 1. The number of fused-ring (bicyclic) bond motifs is 1. The summed E-state index contributed by atoms with van der Waals surface area (Å²) in [6.45, 7) is 0. The fourth-order valence-corrected chi connectivity index (χ4v) is 1.56. The molecule has 1 atom stereocenters. The van der Waals surface area contributed by atoms with Crippen LogP contribution in [0.2, 0.25) is 0 Å². The summed E-state index contributed by atoms with van der Waals surface area (Å²) >= 11 is 0. The van der Waals surface area contributed by atoms with E-state index in [0.29, 0.717) is 0 Å². The van der Waals surface area contributed by atoms with Crippen molar-refractivity contribution in [2.24, 2.45) is 10.9 Å². The van der Waals surface area contributed by atoms with Crippen LogP contribution in [0, 0.1) is 5.92 Å². The number of rotatable bonds is 1. The molecule has 3 heteroatoms. The van der Waals surface area contributed by atoms with Gasteiger partial charge in [-0.2, -0.15) is 0 Å². The van der Waals surface area contributed by atoms with E-state index in [1.54, 1.807) is 6.21 Å². The molecule has 1 N–H and O–H groups in total. The molecule has 1 aliphatic heterocycles. The number of carbonyl (C=O) groups is 1. The number of aliphatic carboxylic acids is 1. The molecule has 13 heavy (non-hydrogen) atoms. The molecule has 0 fully saturated rings. The Bertz CT molecular complexity index is 361. The lowest BCUT2D eigenvalue weighted by molar-refractivity contribution is -0.132. The van der Waals surface area contributed by atoms with E-state index in [1.165, 1.54) is 0 Å². The zero-order valence-corrected chi connectivity index (χ0v) is 6.97. The number of carboxylic acid groups (broad SMARTS) is 1. The number of carboxylic acids is 1. The van der Waals surface area contributed by atoms with E-state index < -0.39 is 5.97 Å². The minimum Gasteiger partial charge on any atom is -0.477 e. The van der Waals surface area contributed by atoms with Crippen molar-refractivity contribution in [1.29, 1.82) is 0 Å². The molecule has 0 radical (unpaired) electrons. The number of hydrogen-bond acceptors (Lipinski definition) is 2. The van der Waals surface area contributed by atoms with Crippen LogP contribution in [0.4, 0.5) is 0 Å². The van der Waals surface area contributed by atoms with E-state index in [2.05, 4.69) is 4.99 Å². The second kappa shape index (κ2) is 3.01. The molecule has 0 spiro atoms. The zero-order chi connectivity index (χ0) is 9.26. The molecular formula is C10H9NO2. The normalized spacial score (nSPS) is 24.8. The molecule has 66 valence electrons. The Morgan fingerprint density at radius 2 is 2.38 bits per heavy atom. The van der Waals surface area contributed by atoms with Crippen LogP contribution in [-0.4, -0.2) is 17.3 Å². The van der Waals surface area contributed by atoms with E-state index in [9.17, 15) is 4.79 Å². The summed E-state index contributed by atoms with van der Waals surface area (Å²) in [6.07, 6.45) is 10.1. The Morgan fingerprint density at radius 3 is 3.15 bits per heavy atom. The largest absolute Gasteiger partial charge is 0.477 e. The first-order valence-corrected chi connectivity index (χ1v) is 4.14. The molecule has 0 amide bonds. The molecule has 0 aromatic heterocycles. The van der Waals surface area contributed by atoms with Crippen molar-refractivity contribution in [2.75, 3.05) is 0 Å². The van der Waals surface area contributed by atoms with Crippen molar-refractivity contribution in [3.05, 3.63) is 35.6 Å². The first kappa shape index (κ1) is 7.98. The van der Waals surface area contributed by atoms with Crippen LogP contribution in [0.15, 0.2) is 40.6 Å². The second-order valence-corrected chi connectivity index (χ2v) is 3.01. The maximum atomic E-state index is 10.8. The molecule has 1 heterocycles. The van der Waals surface area contributed by atoms with Gasteiger partial charge in [-0.05, 0) is 12.0 Å². The van der Waals surface area contributed by atoms with Gasteiger partial charge in [0.15, 0.2) is 5.70 Å². The van der Waals surface area contributed by atoms with Crippen LogP contribution < -0.4 is 0 Å². The van der Waals surface area contributed by atoms with E-state index in [0.717, 1.165) is 12.0 Å². The molecule has 2 aliphatic rings. The average molecular weight is 175 g/mol. The smallest absolute Gasteiger partial charge is 0.354 e. The van der Waals surface area contributed by atoms with E-state index >= 15 is 0 Å². The van der Waals surface area contributed by atoms with Crippen LogP contribution in [-0.2, 0) is 4.79 Å². The molecule has 1 unspecified atom stereocenters. The summed E-state index contributed by atoms with van der Waals surface area (Å²) in [7, 11) is 0. The molecule has 0 saturated carbocycles. The van der Waals surface area contributed by atoms with Crippen molar-refractivity contribution < 1.29 is 9.90 Å². The predicted octanol–water partition coefficient (Wildman–Crippen LogP) is 1.54. The van der Waals surface area contributed by atoms with Gasteiger partial charge in [0.05, 0.1) is 0 Å². The van der Waals surface area contributed by atoms with Crippen molar-refractivity contribution >= 4 is 12.2 Å². The number of hydrogen-bond donors (Lipinski definition) is 1. The fraction of sp³-hybridized carbons (Fsp3) is 0.200. The first-order valence-electron chi connectivity index (χ1n) is 4.14. The van der Waals surface area contributed by atoms with Gasteiger partial charge >= 0.3 is 5.97 Å². The SMILES string of the molecule is O=C(O)C1=C2C=CC=CC2CC=N1. The third-order valence-electron chi connectivity index (χ3n) is 2.19. The van der Waals surface area contributed by atoms with Gasteiger partial charge in [-0.1, -0.05) is 24.3 Å². The molecule has 0 aromatic rings. The zero-order valence-electron chi connectivity index (χ0n) is 6.97. The molecule has 1 aliphatic carbocycles. The van der Waals surface area contributed by atoms with E-state index in [1.807, 2.05) is 24.3 Å². The quantitative estimate of drug-likeness (QED) is 0.657. The Morgan fingerprint density at radius 1 is 1.54 bits per heavy atom. The van der Waals surface area contributed by atoms with Gasteiger partial charge in [0.25, 0.3) is 0 Å². The van der Waals surface area contributed by atoms with Crippen LogP contribution in [0.25, 0.3) is 0 Å². The van der Waals surface area contributed by atoms with Crippen molar-refractivity contribution in [3.63, 3.8) is 0 Å². The van der Waals surface area contributed by atoms with Gasteiger partial charge in [0.1, 0.15) is 0 Å². The van der Waals surface area contributed by atoms with E-state index in [-0.39, 0.29) is 11.6 Å². The molecule has 0 bridgehead atoms. The highest BCUT2D eigenvalue weighted by molar-refractivity contribution is 5.91. The summed E-state index contributed by atoms with van der Waals surface area (Å²) in [4.78, 5) is 14.7. The van der Waals surface area contributed by atoms with Gasteiger partial charge < -0.3 is 5.11 Å². The molecule has 3 nitrogen and oxygen atoms in total. The molecule has 2 rings (SSSR count). The average Bonchev–Trinajstić information content (AvgIpc) is 2.17. The third kappa shape index (κ3) is 1.33. The monoisotopic (exact) mass is 175 g/mol. The molecule has 0 saturated heterocycles. The van der Waals surface area contributed by atoms with Crippen LogP contribution in [0.3, 0.4) is 0 Å². The summed E-state index contributed by atoms with van der Waals surface area (Å²) in [5, 5.41) is 8.85. The summed E-state index contributed by atoms with van der Waals surface area (Å²) in [6, 6.07) is 0. The minimum absolute atomic E-state index is 0.178. The third-order valence-corrected chi connectivity index (χ3v) is 2.19. The maximum absolute atomic E-state index is 10.8. The number of nitrogens with zero attached hydrogens (tertiary/aromatic N) is 1. The predicted molar refractivity (Wildman–Crippen MR) is 49.5 cm³/mol. The highest BCUT2D eigenvalue weighted by Crippen LogP contribution is 2.28. The second-order valence-electron chi connectivity index (χ2n) is 3.01. The van der Waals surface area contributed by atoms with Crippen molar-refractivity contribution in [2.45, 2.75) is 6.42 Å². The topological polar surface area (TPSA) is 49.7 Å². The summed E-state index contributed by atoms with van der Waals surface area (Å²) in [5.41, 5.74) is 0.995. The lowest BCUT2D eigenvalue weighted by atomic mass is 9.89. The van der Waals surface area contributed by atoms with Gasteiger partial charge in [-0.15, -0.1) is 0 Å². The molecule has 0 aromatic carbocycles. The highest BCUT2D eigenvalue weighted by Gasteiger charge is 2.22. The summed E-state index contributed by atoms with van der Waals surface area (Å²) < 4.78 is 0. The van der Waals surface area contributed by atoms with Crippen LogP contribution in [0.5, 0.6) is 0 Å². The van der Waals surface area contributed by atoms with Gasteiger partial charge in [0, 0.05) is 12.1 Å². The van der Waals surface area contributed by atoms with E-state index in [4.69, 9.17) is 5.11 Å². The highest BCUT2D eigenvalue weighted by atomic mass is 16.4. The van der Waals surface area contributed by atoms with Gasteiger partial charge in [-0.25, -0.2) is 4.79 Å². The van der Waals surface area contributed by atoms with Crippen molar-refractivity contribution in [1.82, 2.24) is 0 Å².